The number of hydrogen-bond donors (Lipinski definition) is 1. The lowest BCUT2D eigenvalue weighted by molar-refractivity contribution is -0.145. The van der Waals surface area contributed by atoms with E-state index in [1.807, 2.05) is 0 Å². The van der Waals surface area contributed by atoms with Crippen molar-refractivity contribution >= 4 is 11.8 Å². The van der Waals surface area contributed by atoms with Crippen LogP contribution in [0.25, 0.3) is 0 Å². The Morgan fingerprint density at radius 1 is 1.67 bits per heavy atom. The Balaban J connectivity index is 2.12. The Kier molecular flexibility index (Phi) is 2.36. The smallest absolute Gasteiger partial charge is 0.243 e. The molecule has 7 nitrogen and oxygen atoms in total. The van der Waals surface area contributed by atoms with E-state index in [0.717, 1.165) is 0 Å². The van der Waals surface area contributed by atoms with Crippen LogP contribution in [-0.2, 0) is 16.1 Å². The highest BCUT2D eigenvalue weighted by atomic mass is 16.5. The molecule has 1 aliphatic heterocycles. The molecule has 1 aromatic heterocycles. The monoisotopic (exact) mass is 210 g/mol. The maximum atomic E-state index is 11.5. The minimum atomic E-state index is -0.496. The van der Waals surface area contributed by atoms with Gasteiger partial charge in [-0.05, 0) is 6.92 Å². The van der Waals surface area contributed by atoms with Crippen LogP contribution in [0.5, 0.6) is 0 Å². The Morgan fingerprint density at radius 3 is 3.13 bits per heavy atom. The molecule has 1 aromatic rings. The van der Waals surface area contributed by atoms with Crippen molar-refractivity contribution in [1.29, 1.82) is 0 Å². The van der Waals surface area contributed by atoms with Gasteiger partial charge >= 0.3 is 0 Å². The molecular weight excluding hydrogens is 200 g/mol. The summed E-state index contributed by atoms with van der Waals surface area (Å²) in [5.41, 5.74) is 0. The van der Waals surface area contributed by atoms with Crippen molar-refractivity contribution in [2.24, 2.45) is 0 Å². The highest BCUT2D eigenvalue weighted by Gasteiger charge is 2.31. The maximum absolute atomic E-state index is 11.5. The number of carbonyl (C=O) groups excluding carboxylic acids is 2. The van der Waals surface area contributed by atoms with Gasteiger partial charge in [-0.1, -0.05) is 5.16 Å². The summed E-state index contributed by atoms with van der Waals surface area (Å²) >= 11 is 0. The average molecular weight is 210 g/mol. The van der Waals surface area contributed by atoms with Crippen molar-refractivity contribution < 1.29 is 14.1 Å². The van der Waals surface area contributed by atoms with Crippen LogP contribution in [0.2, 0.25) is 0 Å². The Morgan fingerprint density at radius 2 is 2.47 bits per heavy atom. The molecule has 0 saturated carbocycles. The van der Waals surface area contributed by atoms with Crippen molar-refractivity contribution in [3.63, 3.8) is 0 Å². The molecular formula is C8H10N4O3. The van der Waals surface area contributed by atoms with Crippen LogP contribution in [0.3, 0.4) is 0 Å². The van der Waals surface area contributed by atoms with Crippen LogP contribution in [0.15, 0.2) is 10.9 Å². The van der Waals surface area contributed by atoms with E-state index in [0.29, 0.717) is 5.82 Å². The van der Waals surface area contributed by atoms with Gasteiger partial charge in [0.15, 0.2) is 5.82 Å². The molecule has 0 bridgehead atoms. The molecule has 1 unspecified atom stereocenters. The minimum Gasteiger partial charge on any atom is -0.345 e. The molecule has 1 aliphatic rings. The summed E-state index contributed by atoms with van der Waals surface area (Å²) in [6.07, 6.45) is 1.19. The van der Waals surface area contributed by atoms with E-state index in [-0.39, 0.29) is 24.9 Å². The predicted octanol–water partition coefficient (Wildman–Crippen LogP) is -1.08. The Hall–Kier alpha value is -1.92. The first-order chi connectivity index (χ1) is 7.18. The zero-order chi connectivity index (χ0) is 10.8. The van der Waals surface area contributed by atoms with E-state index in [9.17, 15) is 9.59 Å². The van der Waals surface area contributed by atoms with Gasteiger partial charge in [-0.25, -0.2) is 0 Å². The van der Waals surface area contributed by atoms with Gasteiger partial charge in [-0.3, -0.25) is 9.59 Å². The second kappa shape index (κ2) is 3.68. The third kappa shape index (κ3) is 1.80. The van der Waals surface area contributed by atoms with E-state index in [1.54, 1.807) is 6.92 Å². The number of piperazine rings is 1. The number of nitrogens with zero attached hydrogens (tertiary/aromatic N) is 3. The number of amides is 2. The molecule has 2 rings (SSSR count). The van der Waals surface area contributed by atoms with Gasteiger partial charge in [-0.2, -0.15) is 4.98 Å². The first-order valence-electron chi connectivity index (χ1n) is 4.51. The Bertz CT molecular complexity index is 375. The molecule has 1 fully saturated rings. The number of carbonyl (C=O) groups is 2. The van der Waals surface area contributed by atoms with Crippen molar-refractivity contribution in [1.82, 2.24) is 20.4 Å². The third-order valence-electron chi connectivity index (χ3n) is 2.30. The first-order valence-corrected chi connectivity index (χ1v) is 4.51. The lowest BCUT2D eigenvalue weighted by Crippen LogP contribution is -2.56. The second-order valence-electron chi connectivity index (χ2n) is 3.26. The van der Waals surface area contributed by atoms with Crippen molar-refractivity contribution in [2.75, 3.05) is 6.54 Å². The van der Waals surface area contributed by atoms with E-state index in [1.165, 1.54) is 11.3 Å². The van der Waals surface area contributed by atoms with Crippen molar-refractivity contribution in [2.45, 2.75) is 19.5 Å². The highest BCUT2D eigenvalue weighted by molar-refractivity contribution is 5.94. The van der Waals surface area contributed by atoms with Gasteiger partial charge in [0.1, 0.15) is 6.04 Å². The molecule has 0 radical (unpaired) electrons. The van der Waals surface area contributed by atoms with Crippen molar-refractivity contribution in [3.8, 4) is 0 Å². The summed E-state index contributed by atoms with van der Waals surface area (Å²) in [7, 11) is 0. The number of nitrogens with one attached hydrogen (secondary N) is 1. The van der Waals surface area contributed by atoms with E-state index >= 15 is 0 Å². The van der Waals surface area contributed by atoms with Crippen molar-refractivity contribution in [3.05, 3.63) is 12.2 Å². The first kappa shape index (κ1) is 9.63. The summed E-state index contributed by atoms with van der Waals surface area (Å²) in [6, 6.07) is -0.496. The molecule has 1 atom stereocenters. The zero-order valence-electron chi connectivity index (χ0n) is 8.14. The highest BCUT2D eigenvalue weighted by Crippen LogP contribution is 2.08. The number of rotatable bonds is 2. The fourth-order valence-corrected chi connectivity index (χ4v) is 1.41. The van der Waals surface area contributed by atoms with Crippen LogP contribution < -0.4 is 5.32 Å². The van der Waals surface area contributed by atoms with Gasteiger partial charge in [0.05, 0.1) is 13.1 Å². The molecule has 0 aliphatic carbocycles. The second-order valence-corrected chi connectivity index (χ2v) is 3.26. The van der Waals surface area contributed by atoms with Gasteiger partial charge < -0.3 is 14.7 Å². The molecule has 1 N–H and O–H groups in total. The van der Waals surface area contributed by atoms with Crippen LogP contribution >= 0.6 is 0 Å². The summed E-state index contributed by atoms with van der Waals surface area (Å²) in [6.45, 7) is 1.89. The predicted molar refractivity (Wildman–Crippen MR) is 47.3 cm³/mol. The summed E-state index contributed by atoms with van der Waals surface area (Å²) in [5.74, 6) is 0.0786. The fraction of sp³-hybridized carbons (Fsp3) is 0.500. The molecule has 1 saturated heterocycles. The molecule has 2 amide bonds. The van der Waals surface area contributed by atoms with E-state index in [4.69, 9.17) is 0 Å². The third-order valence-corrected chi connectivity index (χ3v) is 2.30. The number of hydrogen-bond acceptors (Lipinski definition) is 5. The van der Waals surface area contributed by atoms with Crippen LogP contribution in [0.1, 0.15) is 12.7 Å². The van der Waals surface area contributed by atoms with E-state index < -0.39 is 6.04 Å². The normalized spacial score (nSPS) is 21.7. The molecule has 15 heavy (non-hydrogen) atoms. The maximum Gasteiger partial charge on any atom is 0.243 e. The molecule has 80 valence electrons. The number of aromatic nitrogens is 2. The fourth-order valence-electron chi connectivity index (χ4n) is 1.41. The van der Waals surface area contributed by atoms with Gasteiger partial charge in [0.25, 0.3) is 0 Å². The van der Waals surface area contributed by atoms with Crippen LogP contribution in [0, 0.1) is 0 Å². The lowest BCUT2D eigenvalue weighted by Gasteiger charge is -2.31. The summed E-state index contributed by atoms with van der Waals surface area (Å²) in [5, 5.41) is 6.09. The summed E-state index contributed by atoms with van der Waals surface area (Å²) in [4.78, 5) is 28.0. The SMILES string of the molecule is CC1C(=O)NCC(=O)N1Cc1ncon1. The van der Waals surface area contributed by atoms with E-state index in [2.05, 4.69) is 20.0 Å². The van der Waals surface area contributed by atoms with Gasteiger partial charge in [0.2, 0.25) is 18.2 Å². The summed E-state index contributed by atoms with van der Waals surface area (Å²) < 4.78 is 4.55. The molecule has 7 heteroatoms. The largest absolute Gasteiger partial charge is 0.345 e. The molecule has 0 aromatic carbocycles. The lowest BCUT2D eigenvalue weighted by atomic mass is 10.2. The van der Waals surface area contributed by atoms with Crippen LogP contribution in [0.4, 0.5) is 0 Å². The standard InChI is InChI=1S/C8H10N4O3/c1-5-8(14)9-2-7(13)12(5)3-6-10-4-15-11-6/h4-5H,2-3H2,1H3,(H,9,14). The minimum absolute atomic E-state index is 0.0288. The average Bonchev–Trinajstić information content (AvgIpc) is 2.71. The zero-order valence-corrected chi connectivity index (χ0v) is 8.14. The van der Waals surface area contributed by atoms with Crippen LogP contribution in [-0.4, -0.2) is 39.4 Å². The molecule has 0 spiro atoms. The Labute approximate surface area is 85.4 Å². The quantitative estimate of drug-likeness (QED) is 0.670. The molecule has 2 heterocycles. The van der Waals surface area contributed by atoms with Gasteiger partial charge in [0, 0.05) is 0 Å². The topological polar surface area (TPSA) is 88.3 Å². The van der Waals surface area contributed by atoms with Gasteiger partial charge in [-0.15, -0.1) is 0 Å².